The summed E-state index contributed by atoms with van der Waals surface area (Å²) >= 11 is 7.66. The summed E-state index contributed by atoms with van der Waals surface area (Å²) in [6.07, 6.45) is -4.47. The average Bonchev–Trinajstić information content (AvgIpc) is 3.02. The second kappa shape index (κ2) is 7.89. The predicted octanol–water partition coefficient (Wildman–Crippen LogP) is 6.70. The molecule has 0 saturated carbocycles. The highest BCUT2D eigenvalue weighted by atomic mass is 35.5. The van der Waals surface area contributed by atoms with Gasteiger partial charge in [0.15, 0.2) is 0 Å². The minimum atomic E-state index is -4.40. The van der Waals surface area contributed by atoms with Crippen LogP contribution in [0.1, 0.15) is 24.5 Å². The van der Waals surface area contributed by atoms with Crippen LogP contribution in [0.4, 0.5) is 13.2 Å². The Morgan fingerprint density at radius 1 is 1.12 bits per heavy atom. The van der Waals surface area contributed by atoms with Gasteiger partial charge in [-0.25, -0.2) is 0 Å². The van der Waals surface area contributed by atoms with Crippen molar-refractivity contribution >= 4 is 29.1 Å². The van der Waals surface area contributed by atoms with Crippen LogP contribution in [0.5, 0.6) is 0 Å². The first-order valence-electron chi connectivity index (χ1n) is 8.22. The third-order valence-electron chi connectivity index (χ3n) is 4.09. The Hall–Kier alpha value is -1.72. The van der Waals surface area contributed by atoms with Gasteiger partial charge in [0.05, 0.1) is 17.0 Å². The average molecular weight is 396 g/mol. The summed E-state index contributed by atoms with van der Waals surface area (Å²) in [5.74, 6) is 0.832. The SMILES string of the molecule is CCSc1ccc(Cl)cc1CC1=C(C(F)(F)F)CC(c2ccccc2)=N1. The van der Waals surface area contributed by atoms with Gasteiger partial charge in [-0.3, -0.25) is 4.99 Å². The van der Waals surface area contributed by atoms with Crippen molar-refractivity contribution in [2.75, 3.05) is 5.75 Å². The lowest BCUT2D eigenvalue weighted by atomic mass is 10.0. The molecule has 0 spiro atoms. The van der Waals surface area contributed by atoms with E-state index in [4.69, 9.17) is 11.6 Å². The standard InChI is InChI=1S/C20H17ClF3NS/c1-2-26-19-9-8-15(21)10-14(19)11-18-16(20(22,23)24)12-17(25-18)13-6-4-3-5-7-13/h3-10H,2,11-12H2,1H3. The van der Waals surface area contributed by atoms with E-state index in [2.05, 4.69) is 4.99 Å². The van der Waals surface area contributed by atoms with Crippen LogP contribution in [0.2, 0.25) is 5.02 Å². The minimum absolute atomic E-state index is 0.0802. The number of allylic oxidation sites excluding steroid dienone is 2. The van der Waals surface area contributed by atoms with Gasteiger partial charge in [-0.05, 0) is 35.1 Å². The molecule has 0 N–H and O–H groups in total. The second-order valence-electron chi connectivity index (χ2n) is 5.89. The number of aliphatic imine (C=N–C) groups is 1. The van der Waals surface area contributed by atoms with Gasteiger partial charge in [-0.2, -0.15) is 13.2 Å². The van der Waals surface area contributed by atoms with Crippen LogP contribution >= 0.6 is 23.4 Å². The lowest BCUT2D eigenvalue weighted by Gasteiger charge is -2.12. The molecule has 1 aliphatic rings. The number of benzene rings is 2. The molecule has 26 heavy (non-hydrogen) atoms. The van der Waals surface area contributed by atoms with Crippen LogP contribution in [0, 0.1) is 0 Å². The lowest BCUT2D eigenvalue weighted by Crippen LogP contribution is -2.14. The van der Waals surface area contributed by atoms with Crippen molar-refractivity contribution in [2.24, 2.45) is 4.99 Å². The van der Waals surface area contributed by atoms with Crippen LogP contribution in [0.15, 0.2) is 69.7 Å². The zero-order valence-electron chi connectivity index (χ0n) is 14.1. The van der Waals surface area contributed by atoms with Gasteiger partial charge in [0, 0.05) is 22.8 Å². The summed E-state index contributed by atoms with van der Waals surface area (Å²) in [6, 6.07) is 14.4. The molecule has 2 aromatic carbocycles. The number of hydrogen-bond donors (Lipinski definition) is 0. The number of halogens is 4. The van der Waals surface area contributed by atoms with Crippen molar-refractivity contribution in [1.29, 1.82) is 0 Å². The Kier molecular flexibility index (Phi) is 5.78. The fraction of sp³-hybridized carbons (Fsp3) is 0.250. The van der Waals surface area contributed by atoms with Gasteiger partial charge < -0.3 is 0 Å². The number of thioether (sulfide) groups is 1. The molecule has 0 aromatic heterocycles. The summed E-state index contributed by atoms with van der Waals surface area (Å²) in [7, 11) is 0. The third-order valence-corrected chi connectivity index (χ3v) is 5.33. The first kappa shape index (κ1) is 19.1. The zero-order chi connectivity index (χ0) is 18.7. The van der Waals surface area contributed by atoms with E-state index in [0.29, 0.717) is 10.7 Å². The Bertz CT molecular complexity index is 857. The molecule has 1 aliphatic heterocycles. The molecular weight excluding hydrogens is 379 g/mol. The van der Waals surface area contributed by atoms with Crippen molar-refractivity contribution in [3.8, 4) is 0 Å². The fourth-order valence-electron chi connectivity index (χ4n) is 2.91. The van der Waals surface area contributed by atoms with Gasteiger partial charge in [0.25, 0.3) is 0 Å². The first-order valence-corrected chi connectivity index (χ1v) is 9.58. The van der Waals surface area contributed by atoms with Gasteiger partial charge in [0.1, 0.15) is 0 Å². The molecule has 2 aromatic rings. The molecule has 3 rings (SSSR count). The summed E-state index contributed by atoms with van der Waals surface area (Å²) < 4.78 is 40.7. The molecule has 0 radical (unpaired) electrons. The molecule has 0 fully saturated rings. The Morgan fingerprint density at radius 3 is 2.50 bits per heavy atom. The van der Waals surface area contributed by atoms with E-state index in [1.54, 1.807) is 48.2 Å². The summed E-state index contributed by atoms with van der Waals surface area (Å²) in [5, 5.41) is 0.514. The second-order valence-corrected chi connectivity index (χ2v) is 7.63. The van der Waals surface area contributed by atoms with Crippen molar-refractivity contribution in [2.45, 2.75) is 30.8 Å². The summed E-state index contributed by atoms with van der Waals surface area (Å²) in [5.41, 5.74) is 1.47. The van der Waals surface area contributed by atoms with E-state index < -0.39 is 11.7 Å². The van der Waals surface area contributed by atoms with Gasteiger partial charge >= 0.3 is 6.18 Å². The van der Waals surface area contributed by atoms with Crippen LogP contribution in [0.25, 0.3) is 0 Å². The van der Waals surface area contributed by atoms with E-state index >= 15 is 0 Å². The highest BCUT2D eigenvalue weighted by Gasteiger charge is 2.39. The fourth-order valence-corrected chi connectivity index (χ4v) is 3.90. The maximum atomic E-state index is 13.6. The quantitative estimate of drug-likeness (QED) is 0.513. The first-order chi connectivity index (χ1) is 12.4. The molecule has 0 bridgehead atoms. The maximum absolute atomic E-state index is 13.6. The topological polar surface area (TPSA) is 12.4 Å². The maximum Gasteiger partial charge on any atom is 0.414 e. The number of alkyl halides is 3. The molecule has 0 unspecified atom stereocenters. The van der Waals surface area contributed by atoms with E-state index in [-0.39, 0.29) is 18.5 Å². The molecule has 1 nitrogen and oxygen atoms in total. The Balaban J connectivity index is 1.99. The van der Waals surface area contributed by atoms with Gasteiger partial charge in [-0.1, -0.05) is 48.9 Å². The Labute approximate surface area is 160 Å². The van der Waals surface area contributed by atoms with Crippen molar-refractivity contribution in [3.63, 3.8) is 0 Å². The molecular formula is C20H17ClF3NS. The van der Waals surface area contributed by atoms with Crippen molar-refractivity contribution in [1.82, 2.24) is 0 Å². The van der Waals surface area contributed by atoms with E-state index in [1.807, 2.05) is 19.1 Å². The van der Waals surface area contributed by atoms with Crippen LogP contribution in [-0.4, -0.2) is 17.6 Å². The monoisotopic (exact) mass is 395 g/mol. The van der Waals surface area contributed by atoms with E-state index in [9.17, 15) is 13.2 Å². The molecule has 0 aliphatic carbocycles. The van der Waals surface area contributed by atoms with Crippen molar-refractivity contribution in [3.05, 3.63) is 76.0 Å². The number of rotatable bonds is 5. The smallest absolute Gasteiger partial charge is 0.256 e. The molecule has 6 heteroatoms. The Morgan fingerprint density at radius 2 is 1.85 bits per heavy atom. The van der Waals surface area contributed by atoms with E-state index in [1.165, 1.54) is 0 Å². The van der Waals surface area contributed by atoms with Crippen molar-refractivity contribution < 1.29 is 13.2 Å². The van der Waals surface area contributed by atoms with E-state index in [0.717, 1.165) is 21.8 Å². The molecule has 0 atom stereocenters. The highest BCUT2D eigenvalue weighted by molar-refractivity contribution is 7.99. The zero-order valence-corrected chi connectivity index (χ0v) is 15.7. The number of hydrogen-bond acceptors (Lipinski definition) is 2. The van der Waals surface area contributed by atoms with Gasteiger partial charge in [-0.15, -0.1) is 11.8 Å². The lowest BCUT2D eigenvalue weighted by molar-refractivity contribution is -0.0930. The molecule has 0 saturated heterocycles. The van der Waals surface area contributed by atoms with Crippen LogP contribution in [-0.2, 0) is 6.42 Å². The predicted molar refractivity (Wildman–Crippen MR) is 102 cm³/mol. The largest absolute Gasteiger partial charge is 0.414 e. The van der Waals surface area contributed by atoms with Gasteiger partial charge in [0.2, 0.25) is 0 Å². The highest BCUT2D eigenvalue weighted by Crippen LogP contribution is 2.39. The van der Waals surface area contributed by atoms with Crippen LogP contribution in [0.3, 0.4) is 0 Å². The molecule has 0 amide bonds. The summed E-state index contributed by atoms with van der Waals surface area (Å²) in [4.78, 5) is 5.30. The molecule has 136 valence electrons. The summed E-state index contributed by atoms with van der Waals surface area (Å²) in [6.45, 7) is 2.00. The normalized spacial score (nSPS) is 14.7. The molecule has 1 heterocycles. The van der Waals surface area contributed by atoms with Crippen LogP contribution < -0.4 is 0 Å². The number of nitrogens with zero attached hydrogens (tertiary/aromatic N) is 1. The third kappa shape index (κ3) is 4.33. The minimum Gasteiger partial charge on any atom is -0.256 e.